The second kappa shape index (κ2) is 6.38. The minimum Gasteiger partial charge on any atom is -0.346 e. The van der Waals surface area contributed by atoms with E-state index in [4.69, 9.17) is 0 Å². The molecule has 1 aliphatic heterocycles. The summed E-state index contributed by atoms with van der Waals surface area (Å²) in [6, 6.07) is -0.395. The minimum absolute atomic E-state index is 0.202. The lowest BCUT2D eigenvalue weighted by molar-refractivity contribution is -0.139. The topological polar surface area (TPSA) is 44.4 Å². The van der Waals surface area contributed by atoms with Crippen LogP contribution in [0.15, 0.2) is 0 Å². The standard InChI is InChI=1S/C11H20F3N3O/c1-8(10(18)15-7-11(12,13)14)16-9-3-5-17(2)6-4-9/h8-9,16H,3-7H2,1-2H3,(H,15,18). The van der Waals surface area contributed by atoms with Crippen LogP contribution in [0, 0.1) is 0 Å². The van der Waals surface area contributed by atoms with Gasteiger partial charge in [0.1, 0.15) is 6.54 Å². The van der Waals surface area contributed by atoms with E-state index in [-0.39, 0.29) is 6.04 Å². The van der Waals surface area contributed by atoms with Gasteiger partial charge in [-0.25, -0.2) is 0 Å². The molecule has 0 spiro atoms. The molecule has 0 bridgehead atoms. The highest BCUT2D eigenvalue weighted by Crippen LogP contribution is 2.12. The number of alkyl halides is 3. The first kappa shape index (κ1) is 15.2. The lowest BCUT2D eigenvalue weighted by atomic mass is 10.0. The summed E-state index contributed by atoms with van der Waals surface area (Å²) in [5.74, 6) is -0.605. The Morgan fingerprint density at radius 3 is 2.44 bits per heavy atom. The first-order chi connectivity index (χ1) is 8.28. The molecule has 0 aromatic rings. The van der Waals surface area contributed by atoms with Crippen LogP contribution in [-0.4, -0.2) is 55.7 Å². The molecule has 18 heavy (non-hydrogen) atoms. The summed E-state index contributed by atoms with van der Waals surface area (Å²) in [4.78, 5) is 13.6. The molecule has 0 aliphatic carbocycles. The van der Waals surface area contributed by atoms with Gasteiger partial charge in [0.05, 0.1) is 6.04 Å². The third-order valence-electron chi connectivity index (χ3n) is 3.06. The Hall–Kier alpha value is -0.820. The van der Waals surface area contributed by atoms with Crippen LogP contribution >= 0.6 is 0 Å². The Kier molecular flexibility index (Phi) is 5.40. The number of rotatable bonds is 4. The van der Waals surface area contributed by atoms with E-state index < -0.39 is 24.7 Å². The molecule has 1 heterocycles. The summed E-state index contributed by atoms with van der Waals surface area (Å²) in [5.41, 5.74) is 0. The number of nitrogens with one attached hydrogen (secondary N) is 2. The van der Waals surface area contributed by atoms with Crippen LogP contribution in [0.3, 0.4) is 0 Å². The molecular weight excluding hydrogens is 247 g/mol. The highest BCUT2D eigenvalue weighted by molar-refractivity contribution is 5.81. The van der Waals surface area contributed by atoms with Crippen molar-refractivity contribution in [3.8, 4) is 0 Å². The predicted molar refractivity (Wildman–Crippen MR) is 62.2 cm³/mol. The largest absolute Gasteiger partial charge is 0.405 e. The number of nitrogens with zero attached hydrogens (tertiary/aromatic N) is 1. The Labute approximate surface area is 105 Å². The van der Waals surface area contributed by atoms with Crippen LogP contribution in [0.4, 0.5) is 13.2 Å². The van der Waals surface area contributed by atoms with Gasteiger partial charge in [0.2, 0.25) is 5.91 Å². The maximum atomic E-state index is 11.9. The highest BCUT2D eigenvalue weighted by atomic mass is 19.4. The van der Waals surface area contributed by atoms with E-state index in [0.717, 1.165) is 25.9 Å². The lowest BCUT2D eigenvalue weighted by Gasteiger charge is -2.31. The van der Waals surface area contributed by atoms with Crippen molar-refractivity contribution >= 4 is 5.91 Å². The van der Waals surface area contributed by atoms with Crippen LogP contribution in [0.5, 0.6) is 0 Å². The van der Waals surface area contributed by atoms with Crippen LogP contribution in [0.1, 0.15) is 19.8 Å². The summed E-state index contributed by atoms with van der Waals surface area (Å²) in [6.45, 7) is 2.19. The van der Waals surface area contributed by atoms with Crippen molar-refractivity contribution in [2.75, 3.05) is 26.7 Å². The molecule has 4 nitrogen and oxygen atoms in total. The maximum Gasteiger partial charge on any atom is 0.405 e. The predicted octanol–water partition coefficient (Wildman–Crippen LogP) is 0.737. The van der Waals surface area contributed by atoms with Gasteiger partial charge in [-0.05, 0) is 39.9 Å². The van der Waals surface area contributed by atoms with E-state index in [9.17, 15) is 18.0 Å². The van der Waals surface area contributed by atoms with Gasteiger partial charge in [-0.1, -0.05) is 0 Å². The molecule has 0 saturated carbocycles. The third kappa shape index (κ3) is 5.68. The van der Waals surface area contributed by atoms with Gasteiger partial charge in [-0.3, -0.25) is 4.79 Å². The minimum atomic E-state index is -4.36. The number of piperidine rings is 1. The lowest BCUT2D eigenvalue weighted by Crippen LogP contribution is -2.51. The van der Waals surface area contributed by atoms with E-state index in [2.05, 4.69) is 10.2 Å². The molecule has 7 heteroatoms. The van der Waals surface area contributed by atoms with Gasteiger partial charge in [0, 0.05) is 6.04 Å². The first-order valence-electron chi connectivity index (χ1n) is 6.07. The Bertz CT molecular complexity index is 275. The third-order valence-corrected chi connectivity index (χ3v) is 3.06. The Morgan fingerprint density at radius 1 is 1.39 bits per heavy atom. The van der Waals surface area contributed by atoms with Crippen molar-refractivity contribution in [2.24, 2.45) is 0 Å². The quantitative estimate of drug-likeness (QED) is 0.789. The van der Waals surface area contributed by atoms with Crippen molar-refractivity contribution < 1.29 is 18.0 Å². The second-order valence-corrected chi connectivity index (χ2v) is 4.80. The van der Waals surface area contributed by atoms with E-state index >= 15 is 0 Å². The molecule has 0 aromatic heterocycles. The average Bonchev–Trinajstić information content (AvgIpc) is 2.28. The number of likely N-dealkylation sites (tertiary alicyclic amines) is 1. The smallest absolute Gasteiger partial charge is 0.346 e. The number of amides is 1. The summed E-state index contributed by atoms with van der Waals surface area (Å²) in [5, 5.41) is 4.95. The van der Waals surface area contributed by atoms with Gasteiger partial charge in [-0.15, -0.1) is 0 Å². The molecule has 1 saturated heterocycles. The summed E-state index contributed by atoms with van der Waals surface area (Å²) >= 11 is 0. The SMILES string of the molecule is CC(NC1CCN(C)CC1)C(=O)NCC(F)(F)F. The van der Waals surface area contributed by atoms with Gasteiger partial charge < -0.3 is 15.5 Å². The molecule has 1 unspecified atom stereocenters. The van der Waals surface area contributed by atoms with E-state index in [0.29, 0.717) is 0 Å². The summed E-state index contributed by atoms with van der Waals surface area (Å²) < 4.78 is 35.8. The van der Waals surface area contributed by atoms with Crippen molar-refractivity contribution in [1.82, 2.24) is 15.5 Å². The maximum absolute atomic E-state index is 11.9. The van der Waals surface area contributed by atoms with Crippen LogP contribution in [0.25, 0.3) is 0 Å². The fourth-order valence-electron chi connectivity index (χ4n) is 1.94. The fraction of sp³-hybridized carbons (Fsp3) is 0.909. The van der Waals surface area contributed by atoms with Crippen LogP contribution in [0.2, 0.25) is 0 Å². The first-order valence-corrected chi connectivity index (χ1v) is 6.07. The molecule has 0 radical (unpaired) electrons. The van der Waals surface area contributed by atoms with Gasteiger partial charge in [0.25, 0.3) is 0 Å². The van der Waals surface area contributed by atoms with Gasteiger partial charge in [0.15, 0.2) is 0 Å². The molecule has 1 rings (SSSR count). The monoisotopic (exact) mass is 267 g/mol. The fourth-order valence-corrected chi connectivity index (χ4v) is 1.94. The number of carbonyl (C=O) groups is 1. The molecule has 1 fully saturated rings. The van der Waals surface area contributed by atoms with Gasteiger partial charge >= 0.3 is 6.18 Å². The number of hydrogen-bond acceptors (Lipinski definition) is 3. The molecule has 0 aromatic carbocycles. The molecular formula is C11H20F3N3O. The molecule has 1 atom stereocenters. The van der Waals surface area contributed by atoms with E-state index in [1.54, 1.807) is 6.92 Å². The Balaban J connectivity index is 2.27. The number of carbonyl (C=O) groups excluding carboxylic acids is 1. The summed E-state index contributed by atoms with van der Waals surface area (Å²) in [6.07, 6.45) is -2.54. The molecule has 1 amide bonds. The zero-order valence-corrected chi connectivity index (χ0v) is 10.7. The summed E-state index contributed by atoms with van der Waals surface area (Å²) in [7, 11) is 2.02. The zero-order chi connectivity index (χ0) is 13.8. The number of hydrogen-bond donors (Lipinski definition) is 2. The number of halogens is 3. The Morgan fingerprint density at radius 2 is 1.94 bits per heavy atom. The average molecular weight is 267 g/mol. The molecule has 2 N–H and O–H groups in total. The normalized spacial score (nSPS) is 20.7. The zero-order valence-electron chi connectivity index (χ0n) is 10.7. The van der Waals surface area contributed by atoms with E-state index in [1.807, 2.05) is 12.4 Å². The van der Waals surface area contributed by atoms with Gasteiger partial charge in [-0.2, -0.15) is 13.2 Å². The van der Waals surface area contributed by atoms with Crippen molar-refractivity contribution in [2.45, 2.75) is 38.0 Å². The van der Waals surface area contributed by atoms with Crippen LogP contribution < -0.4 is 10.6 Å². The van der Waals surface area contributed by atoms with Crippen molar-refractivity contribution in [3.05, 3.63) is 0 Å². The second-order valence-electron chi connectivity index (χ2n) is 4.80. The molecule has 1 aliphatic rings. The van der Waals surface area contributed by atoms with E-state index in [1.165, 1.54) is 0 Å². The van der Waals surface area contributed by atoms with Crippen molar-refractivity contribution in [3.63, 3.8) is 0 Å². The highest BCUT2D eigenvalue weighted by Gasteiger charge is 2.29. The molecule has 106 valence electrons. The van der Waals surface area contributed by atoms with Crippen LogP contribution in [-0.2, 0) is 4.79 Å². The van der Waals surface area contributed by atoms with Crippen molar-refractivity contribution in [1.29, 1.82) is 0 Å².